The second kappa shape index (κ2) is 12.1. The maximum atomic E-state index is 16.3. The molecule has 7 nitrogen and oxygen atoms in total. The standard InChI is InChI=1S/C31H32FN7/c1-7-10-19(3)37-24-13-23(15-35-16-24)20(4)29(32)28(26(8-2)33-6)21(5)31-38-27-18-36-17-25(30(27)39-31)22-11-9-12-34-14-22/h8-9,11-18,33,37H,3-5,7,10H2,1-2,6H3,(H,38,39)/b26-8+,29-28+. The number of aromatic amines is 1. The fourth-order valence-corrected chi connectivity index (χ4v) is 4.27. The van der Waals surface area contributed by atoms with Crippen LogP contribution in [-0.4, -0.2) is 32.0 Å². The van der Waals surface area contributed by atoms with Crippen LogP contribution in [0.5, 0.6) is 0 Å². The van der Waals surface area contributed by atoms with Crippen molar-refractivity contribution in [2.75, 3.05) is 12.4 Å². The molecule has 0 bridgehead atoms. The summed E-state index contributed by atoms with van der Waals surface area (Å²) in [6, 6.07) is 5.60. The summed E-state index contributed by atoms with van der Waals surface area (Å²) in [6.45, 7) is 16.2. The van der Waals surface area contributed by atoms with Gasteiger partial charge in [-0.05, 0) is 25.5 Å². The molecule has 198 valence electrons. The molecule has 0 aliphatic carbocycles. The van der Waals surface area contributed by atoms with Gasteiger partial charge in [0.05, 0.1) is 29.1 Å². The van der Waals surface area contributed by atoms with E-state index in [1.165, 1.54) is 0 Å². The van der Waals surface area contributed by atoms with Gasteiger partial charge < -0.3 is 15.6 Å². The molecular formula is C31H32FN7. The van der Waals surface area contributed by atoms with E-state index < -0.39 is 5.83 Å². The zero-order chi connectivity index (χ0) is 27.9. The molecule has 4 aromatic rings. The fourth-order valence-electron chi connectivity index (χ4n) is 4.27. The highest BCUT2D eigenvalue weighted by Gasteiger charge is 2.22. The van der Waals surface area contributed by atoms with E-state index in [1.54, 1.807) is 56.4 Å². The van der Waals surface area contributed by atoms with Crippen molar-refractivity contribution < 1.29 is 4.39 Å². The molecular weight excluding hydrogens is 489 g/mol. The zero-order valence-corrected chi connectivity index (χ0v) is 22.5. The second-order valence-corrected chi connectivity index (χ2v) is 8.95. The molecule has 0 radical (unpaired) electrons. The van der Waals surface area contributed by atoms with Crippen LogP contribution in [0, 0.1) is 0 Å². The first-order valence-corrected chi connectivity index (χ1v) is 12.6. The van der Waals surface area contributed by atoms with Gasteiger partial charge in [-0.3, -0.25) is 15.0 Å². The van der Waals surface area contributed by atoms with Crippen LogP contribution < -0.4 is 10.6 Å². The first-order valence-electron chi connectivity index (χ1n) is 12.6. The molecule has 0 unspecified atom stereocenters. The van der Waals surface area contributed by atoms with Gasteiger partial charge in [-0.15, -0.1) is 0 Å². The van der Waals surface area contributed by atoms with E-state index in [9.17, 15) is 0 Å². The van der Waals surface area contributed by atoms with Gasteiger partial charge in [-0.2, -0.15) is 0 Å². The first-order chi connectivity index (χ1) is 18.9. The number of imidazole rings is 1. The molecule has 0 atom stereocenters. The Labute approximate surface area is 228 Å². The minimum atomic E-state index is -0.542. The number of hydrogen-bond acceptors (Lipinski definition) is 6. The monoisotopic (exact) mass is 521 g/mol. The average molecular weight is 522 g/mol. The summed E-state index contributed by atoms with van der Waals surface area (Å²) < 4.78 is 16.3. The zero-order valence-electron chi connectivity index (χ0n) is 22.5. The van der Waals surface area contributed by atoms with Crippen molar-refractivity contribution in [3.05, 3.63) is 115 Å². The number of hydrogen-bond donors (Lipinski definition) is 3. The number of pyridine rings is 3. The molecule has 0 saturated heterocycles. The van der Waals surface area contributed by atoms with Crippen LogP contribution in [0.15, 0.2) is 104 Å². The lowest BCUT2D eigenvalue weighted by Crippen LogP contribution is -2.11. The number of likely N-dealkylation sites (N-methyl/N-ethyl adjacent to an activating group) is 1. The summed E-state index contributed by atoms with van der Waals surface area (Å²) in [6.07, 6.45) is 13.7. The topological polar surface area (TPSA) is 91.4 Å². The number of H-pyrrole nitrogens is 1. The highest BCUT2D eigenvalue weighted by Crippen LogP contribution is 2.36. The number of nitrogens with zero attached hydrogens (tertiary/aromatic N) is 4. The van der Waals surface area contributed by atoms with Crippen molar-refractivity contribution >= 4 is 27.9 Å². The van der Waals surface area contributed by atoms with Crippen LogP contribution in [-0.2, 0) is 0 Å². The molecule has 8 heteroatoms. The maximum absolute atomic E-state index is 16.3. The lowest BCUT2D eigenvalue weighted by Gasteiger charge is -2.17. The van der Waals surface area contributed by atoms with Gasteiger partial charge in [-0.25, -0.2) is 9.37 Å². The molecule has 0 aliphatic rings. The van der Waals surface area contributed by atoms with E-state index in [0.29, 0.717) is 39.4 Å². The van der Waals surface area contributed by atoms with Gasteiger partial charge in [0.2, 0.25) is 0 Å². The summed E-state index contributed by atoms with van der Waals surface area (Å²) >= 11 is 0. The smallest absolute Gasteiger partial charge is 0.140 e. The summed E-state index contributed by atoms with van der Waals surface area (Å²) in [4.78, 5) is 20.9. The predicted molar refractivity (Wildman–Crippen MR) is 158 cm³/mol. The van der Waals surface area contributed by atoms with E-state index >= 15 is 4.39 Å². The summed E-state index contributed by atoms with van der Waals surface area (Å²) in [7, 11) is 1.73. The molecule has 0 amide bonds. The highest BCUT2D eigenvalue weighted by molar-refractivity contribution is 5.94. The minimum absolute atomic E-state index is 0.173. The lowest BCUT2D eigenvalue weighted by atomic mass is 9.96. The molecule has 39 heavy (non-hydrogen) atoms. The van der Waals surface area contributed by atoms with Gasteiger partial charge in [0.25, 0.3) is 0 Å². The van der Waals surface area contributed by atoms with Gasteiger partial charge in [-0.1, -0.05) is 45.2 Å². The van der Waals surface area contributed by atoms with E-state index in [2.05, 4.69) is 57.2 Å². The van der Waals surface area contributed by atoms with E-state index in [0.717, 1.165) is 29.7 Å². The van der Waals surface area contributed by atoms with Crippen molar-refractivity contribution in [1.82, 2.24) is 30.2 Å². The van der Waals surface area contributed by atoms with Crippen LogP contribution in [0.2, 0.25) is 0 Å². The van der Waals surface area contributed by atoms with E-state index in [-0.39, 0.29) is 11.1 Å². The van der Waals surface area contributed by atoms with Gasteiger partial charge in [0.1, 0.15) is 11.7 Å². The molecule has 0 aromatic carbocycles. The number of rotatable bonds is 11. The predicted octanol–water partition coefficient (Wildman–Crippen LogP) is 7.21. The normalized spacial score (nSPS) is 12.2. The largest absolute Gasteiger partial charge is 0.388 e. The Morgan fingerprint density at radius 1 is 1.05 bits per heavy atom. The number of nitrogens with one attached hydrogen (secondary N) is 3. The third kappa shape index (κ3) is 5.85. The fraction of sp³-hybridized carbons (Fsp3) is 0.161. The Morgan fingerprint density at radius 3 is 2.54 bits per heavy atom. The van der Waals surface area contributed by atoms with Crippen LogP contribution >= 0.6 is 0 Å². The molecule has 4 rings (SSSR count). The number of fused-ring (bicyclic) bond motifs is 1. The number of anilines is 1. The lowest BCUT2D eigenvalue weighted by molar-refractivity contribution is 0.665. The van der Waals surface area contributed by atoms with E-state index in [4.69, 9.17) is 4.98 Å². The molecule has 4 aromatic heterocycles. The van der Waals surface area contributed by atoms with Gasteiger partial charge in [0, 0.05) is 76.6 Å². The molecule has 0 aliphatic heterocycles. The Hall–Kier alpha value is -4.85. The van der Waals surface area contributed by atoms with E-state index in [1.807, 2.05) is 19.1 Å². The molecule has 0 saturated carbocycles. The molecule has 0 spiro atoms. The third-order valence-electron chi connectivity index (χ3n) is 6.23. The number of allylic oxidation sites excluding steroid dienone is 5. The Bertz CT molecular complexity index is 1600. The minimum Gasteiger partial charge on any atom is -0.388 e. The number of halogens is 1. The van der Waals surface area contributed by atoms with Crippen molar-refractivity contribution in [3.8, 4) is 11.1 Å². The molecule has 4 heterocycles. The average Bonchev–Trinajstić information content (AvgIpc) is 3.40. The third-order valence-corrected chi connectivity index (χ3v) is 6.23. The molecule has 0 fully saturated rings. The highest BCUT2D eigenvalue weighted by atomic mass is 19.1. The van der Waals surface area contributed by atoms with Crippen LogP contribution in [0.3, 0.4) is 0 Å². The van der Waals surface area contributed by atoms with Gasteiger partial charge >= 0.3 is 0 Å². The van der Waals surface area contributed by atoms with Crippen molar-refractivity contribution in [1.29, 1.82) is 0 Å². The van der Waals surface area contributed by atoms with Crippen molar-refractivity contribution in [2.45, 2.75) is 26.7 Å². The summed E-state index contributed by atoms with van der Waals surface area (Å²) in [5.74, 6) is -0.125. The summed E-state index contributed by atoms with van der Waals surface area (Å²) in [5, 5.41) is 6.30. The van der Waals surface area contributed by atoms with Crippen LogP contribution in [0.1, 0.15) is 38.1 Å². The van der Waals surface area contributed by atoms with Gasteiger partial charge in [0.15, 0.2) is 0 Å². The number of aromatic nitrogens is 5. The Kier molecular flexibility index (Phi) is 8.46. The van der Waals surface area contributed by atoms with Crippen molar-refractivity contribution in [3.63, 3.8) is 0 Å². The Balaban J connectivity index is 1.76. The Morgan fingerprint density at radius 2 is 1.85 bits per heavy atom. The first kappa shape index (κ1) is 27.2. The SMILES string of the molecule is C=C(CCC)Nc1cncc(C(=C)/C(F)=C(C(=C)c2nc3c(-c4cccnc4)cncc3[nH]2)\C(=C/C)NC)c1. The maximum Gasteiger partial charge on any atom is 0.140 e. The molecule has 3 N–H and O–H groups in total. The second-order valence-electron chi connectivity index (χ2n) is 8.95. The van der Waals surface area contributed by atoms with Crippen LogP contribution in [0.25, 0.3) is 33.3 Å². The van der Waals surface area contributed by atoms with Crippen LogP contribution in [0.4, 0.5) is 10.1 Å². The summed E-state index contributed by atoms with van der Waals surface area (Å²) in [5.41, 5.74) is 6.52. The van der Waals surface area contributed by atoms with Crippen molar-refractivity contribution in [2.24, 2.45) is 0 Å². The quantitative estimate of drug-likeness (QED) is 0.181.